The number of benzene rings is 1. The van der Waals surface area contributed by atoms with Gasteiger partial charge in [0.2, 0.25) is 5.88 Å². The normalized spacial score (nSPS) is 10.8. The maximum atomic E-state index is 5.66. The molecule has 0 aliphatic heterocycles. The highest BCUT2D eigenvalue weighted by Crippen LogP contribution is 2.28. The Labute approximate surface area is 140 Å². The maximum absolute atomic E-state index is 5.66. The zero-order valence-corrected chi connectivity index (χ0v) is 13.8. The lowest BCUT2D eigenvalue weighted by Crippen LogP contribution is -2.13. The summed E-state index contributed by atoms with van der Waals surface area (Å²) in [7, 11) is 0. The van der Waals surface area contributed by atoms with E-state index in [4.69, 9.17) is 15.2 Å². The van der Waals surface area contributed by atoms with Crippen molar-refractivity contribution in [1.82, 2.24) is 14.6 Å². The zero-order valence-electron chi connectivity index (χ0n) is 13.8. The molecule has 3 rings (SSSR count). The molecule has 0 radical (unpaired) electrons. The monoisotopic (exact) mass is 327 g/mol. The molecule has 2 aromatic heterocycles. The molecule has 1 aromatic carbocycles. The van der Waals surface area contributed by atoms with Gasteiger partial charge in [-0.1, -0.05) is 0 Å². The summed E-state index contributed by atoms with van der Waals surface area (Å²) in [6.07, 6.45) is 1.71. The van der Waals surface area contributed by atoms with Crippen molar-refractivity contribution in [3.63, 3.8) is 0 Å². The SMILES string of the molecule is CCOc1ccc(Nc2c(C)c(OCCN)nc3ccnn23)cc1. The number of hydrogen-bond acceptors (Lipinski definition) is 6. The third-order valence-corrected chi connectivity index (χ3v) is 3.51. The van der Waals surface area contributed by atoms with E-state index in [0.29, 0.717) is 31.3 Å². The van der Waals surface area contributed by atoms with E-state index >= 15 is 0 Å². The molecule has 0 spiro atoms. The Morgan fingerprint density at radius 2 is 1.96 bits per heavy atom. The molecule has 0 bridgehead atoms. The number of anilines is 2. The fraction of sp³-hybridized carbons (Fsp3) is 0.294. The summed E-state index contributed by atoms with van der Waals surface area (Å²) in [6, 6.07) is 9.60. The Kier molecular flexibility index (Phi) is 4.81. The van der Waals surface area contributed by atoms with Gasteiger partial charge >= 0.3 is 0 Å². The average molecular weight is 327 g/mol. The third kappa shape index (κ3) is 3.26. The maximum Gasteiger partial charge on any atom is 0.222 e. The summed E-state index contributed by atoms with van der Waals surface area (Å²) in [5.41, 5.74) is 8.03. The van der Waals surface area contributed by atoms with Crippen molar-refractivity contribution in [2.24, 2.45) is 5.73 Å². The van der Waals surface area contributed by atoms with E-state index < -0.39 is 0 Å². The predicted molar refractivity (Wildman–Crippen MR) is 93.2 cm³/mol. The Hall–Kier alpha value is -2.80. The van der Waals surface area contributed by atoms with Gasteiger partial charge in [-0.05, 0) is 38.1 Å². The fourth-order valence-electron chi connectivity index (χ4n) is 2.38. The van der Waals surface area contributed by atoms with E-state index in [1.807, 2.05) is 44.2 Å². The molecule has 0 aliphatic rings. The van der Waals surface area contributed by atoms with E-state index in [9.17, 15) is 0 Å². The highest BCUT2D eigenvalue weighted by atomic mass is 16.5. The molecule has 0 atom stereocenters. The Morgan fingerprint density at radius 1 is 1.17 bits per heavy atom. The first-order chi connectivity index (χ1) is 11.7. The molecular weight excluding hydrogens is 306 g/mol. The van der Waals surface area contributed by atoms with Gasteiger partial charge in [0, 0.05) is 18.3 Å². The van der Waals surface area contributed by atoms with Crippen molar-refractivity contribution in [2.75, 3.05) is 25.1 Å². The Morgan fingerprint density at radius 3 is 2.67 bits per heavy atom. The first-order valence-electron chi connectivity index (χ1n) is 7.90. The van der Waals surface area contributed by atoms with Crippen molar-refractivity contribution in [2.45, 2.75) is 13.8 Å². The van der Waals surface area contributed by atoms with Crippen molar-refractivity contribution in [3.8, 4) is 11.6 Å². The van der Waals surface area contributed by atoms with Crippen molar-refractivity contribution in [1.29, 1.82) is 0 Å². The number of nitrogens with zero attached hydrogens (tertiary/aromatic N) is 3. The molecule has 0 fully saturated rings. The van der Waals surface area contributed by atoms with Crippen LogP contribution in [0.25, 0.3) is 5.65 Å². The quantitative estimate of drug-likeness (QED) is 0.693. The molecule has 3 aromatic rings. The van der Waals surface area contributed by atoms with Gasteiger partial charge in [0.15, 0.2) is 5.65 Å². The second kappa shape index (κ2) is 7.18. The van der Waals surface area contributed by atoms with Crippen LogP contribution >= 0.6 is 0 Å². The lowest BCUT2D eigenvalue weighted by atomic mass is 10.2. The van der Waals surface area contributed by atoms with Crippen molar-refractivity contribution >= 4 is 17.2 Å². The summed E-state index contributed by atoms with van der Waals surface area (Å²) < 4.78 is 12.9. The molecule has 7 heteroatoms. The molecule has 0 unspecified atom stereocenters. The van der Waals surface area contributed by atoms with Crippen LogP contribution in [-0.2, 0) is 0 Å². The lowest BCUT2D eigenvalue weighted by molar-refractivity contribution is 0.314. The largest absolute Gasteiger partial charge is 0.494 e. The average Bonchev–Trinajstić information content (AvgIpc) is 3.06. The van der Waals surface area contributed by atoms with Crippen molar-refractivity contribution < 1.29 is 9.47 Å². The highest BCUT2D eigenvalue weighted by Gasteiger charge is 2.14. The van der Waals surface area contributed by atoms with E-state index in [1.165, 1.54) is 0 Å². The molecule has 2 heterocycles. The smallest absolute Gasteiger partial charge is 0.222 e. The summed E-state index contributed by atoms with van der Waals surface area (Å²) in [5, 5.41) is 7.71. The van der Waals surface area contributed by atoms with E-state index in [1.54, 1.807) is 10.7 Å². The van der Waals surface area contributed by atoms with E-state index in [-0.39, 0.29) is 0 Å². The Balaban J connectivity index is 1.94. The topological polar surface area (TPSA) is 86.7 Å². The number of rotatable bonds is 7. The fourth-order valence-corrected chi connectivity index (χ4v) is 2.38. The first kappa shape index (κ1) is 16.1. The first-order valence-corrected chi connectivity index (χ1v) is 7.90. The predicted octanol–water partition coefficient (Wildman–Crippen LogP) is 2.52. The number of ether oxygens (including phenoxy) is 2. The number of fused-ring (bicyclic) bond motifs is 1. The van der Waals surface area contributed by atoms with Crippen LogP contribution in [-0.4, -0.2) is 34.4 Å². The van der Waals surface area contributed by atoms with Crippen LogP contribution < -0.4 is 20.5 Å². The third-order valence-electron chi connectivity index (χ3n) is 3.51. The number of nitrogens with two attached hydrogens (primary N) is 1. The van der Waals surface area contributed by atoms with Crippen LogP contribution in [0, 0.1) is 6.92 Å². The zero-order chi connectivity index (χ0) is 16.9. The molecule has 7 nitrogen and oxygen atoms in total. The molecule has 0 amide bonds. The van der Waals surface area contributed by atoms with Gasteiger partial charge in [-0.15, -0.1) is 0 Å². The molecular formula is C17H21N5O2. The minimum atomic E-state index is 0.417. The lowest BCUT2D eigenvalue weighted by Gasteiger charge is -2.15. The second-order valence-corrected chi connectivity index (χ2v) is 5.21. The summed E-state index contributed by atoms with van der Waals surface area (Å²) in [5.74, 6) is 2.20. The molecule has 0 saturated carbocycles. The van der Waals surface area contributed by atoms with E-state index in [0.717, 1.165) is 22.8 Å². The summed E-state index contributed by atoms with van der Waals surface area (Å²) in [4.78, 5) is 4.48. The van der Waals surface area contributed by atoms with Gasteiger partial charge in [-0.2, -0.15) is 14.6 Å². The van der Waals surface area contributed by atoms with Crippen LogP contribution in [0.4, 0.5) is 11.5 Å². The van der Waals surface area contributed by atoms with Crippen molar-refractivity contribution in [3.05, 3.63) is 42.1 Å². The van der Waals surface area contributed by atoms with Gasteiger partial charge in [0.1, 0.15) is 18.2 Å². The molecule has 3 N–H and O–H groups in total. The summed E-state index contributed by atoms with van der Waals surface area (Å²) >= 11 is 0. The van der Waals surface area contributed by atoms with Crippen LogP contribution in [0.5, 0.6) is 11.6 Å². The number of nitrogens with one attached hydrogen (secondary N) is 1. The van der Waals surface area contributed by atoms with Crippen LogP contribution in [0.15, 0.2) is 36.5 Å². The van der Waals surface area contributed by atoms with Gasteiger partial charge in [-0.3, -0.25) is 0 Å². The van der Waals surface area contributed by atoms with Crippen LogP contribution in [0.3, 0.4) is 0 Å². The van der Waals surface area contributed by atoms with E-state index in [2.05, 4.69) is 15.4 Å². The summed E-state index contributed by atoms with van der Waals surface area (Å²) in [6.45, 7) is 5.40. The highest BCUT2D eigenvalue weighted by molar-refractivity contribution is 5.65. The minimum Gasteiger partial charge on any atom is -0.494 e. The van der Waals surface area contributed by atoms with Gasteiger partial charge in [-0.25, -0.2) is 0 Å². The minimum absolute atomic E-state index is 0.417. The van der Waals surface area contributed by atoms with Gasteiger partial charge in [0.25, 0.3) is 0 Å². The molecule has 0 aliphatic carbocycles. The van der Waals surface area contributed by atoms with Crippen LogP contribution in [0.2, 0.25) is 0 Å². The van der Waals surface area contributed by atoms with Gasteiger partial charge < -0.3 is 20.5 Å². The Bertz CT molecular complexity index is 814. The molecule has 0 saturated heterocycles. The molecule has 24 heavy (non-hydrogen) atoms. The standard InChI is InChI=1S/C17H21N5O2/c1-3-23-14-6-4-13(5-7-14)20-16-12(2)17(24-11-9-18)21-15-8-10-19-22(15)16/h4-8,10,20H,3,9,11,18H2,1-2H3. The van der Waals surface area contributed by atoms with Gasteiger partial charge in [0.05, 0.1) is 18.4 Å². The molecule has 126 valence electrons. The second-order valence-electron chi connectivity index (χ2n) is 5.21. The van der Waals surface area contributed by atoms with Crippen LogP contribution in [0.1, 0.15) is 12.5 Å². The number of hydrogen-bond donors (Lipinski definition) is 2. The number of aromatic nitrogens is 3.